The number of carboxylic acid groups (broad SMARTS) is 1. The predicted octanol–water partition coefficient (Wildman–Crippen LogP) is 5.15. The molecule has 9 rings (SSSR count). The van der Waals surface area contributed by atoms with E-state index in [2.05, 4.69) is 68.9 Å². The maximum atomic E-state index is 15.9. The topological polar surface area (TPSA) is 266 Å². The van der Waals surface area contributed by atoms with Crippen LogP contribution in [0.3, 0.4) is 0 Å². The van der Waals surface area contributed by atoms with Gasteiger partial charge in [0.1, 0.15) is 23.9 Å². The van der Waals surface area contributed by atoms with Crippen LogP contribution >= 0.6 is 11.6 Å². The number of aliphatic carboxylic acids is 1. The molecule has 22 nitrogen and oxygen atoms in total. The zero-order valence-corrected chi connectivity index (χ0v) is 44.5. The minimum atomic E-state index is -1.22. The van der Waals surface area contributed by atoms with E-state index in [0.717, 1.165) is 56.0 Å². The number of hydrogen-bond acceptors (Lipinski definition) is 14. The Kier molecular flexibility index (Phi) is 17.6. The Morgan fingerprint density at radius 1 is 0.785 bits per heavy atom. The summed E-state index contributed by atoms with van der Waals surface area (Å²) in [6.45, 7) is 4.29. The van der Waals surface area contributed by atoms with Gasteiger partial charge in [0.2, 0.25) is 29.6 Å². The fraction of sp³-hybridized carbons (Fsp3) is 0.345. The normalized spacial score (nSPS) is 14.0. The molecule has 79 heavy (non-hydrogen) atoms. The summed E-state index contributed by atoms with van der Waals surface area (Å²) in [4.78, 5) is 90.2. The lowest BCUT2D eigenvalue weighted by molar-refractivity contribution is -0.137. The lowest BCUT2D eigenvalue weighted by Gasteiger charge is -2.36. The SMILES string of the molecule is CNC(=O)c1ccccc1Nc1nc(Nc2ccc(N3CCN(CCCNC(=O)CCC(=O)N4CCC(c5nn(CC(=O)NCC(=O)NCC(=O)O)c6cccc(-c7cc8c(cnn8C)cc7F)c56)CC4)CC3)cc2)ncc1Cl. The quantitative estimate of drug-likeness (QED) is 0.0459. The first-order chi connectivity index (χ1) is 38.2. The Hall–Kier alpha value is -8.70. The van der Waals surface area contributed by atoms with E-state index in [1.807, 2.05) is 24.3 Å². The van der Waals surface area contributed by atoms with Gasteiger partial charge >= 0.3 is 5.97 Å². The summed E-state index contributed by atoms with van der Waals surface area (Å²) >= 11 is 6.42. The third kappa shape index (κ3) is 13.5. The van der Waals surface area contributed by atoms with Gasteiger partial charge in [-0.1, -0.05) is 35.9 Å². The van der Waals surface area contributed by atoms with Crippen LogP contribution in [0.4, 0.5) is 33.2 Å². The van der Waals surface area contributed by atoms with Crippen molar-refractivity contribution < 1.29 is 38.3 Å². The second-order valence-corrected chi connectivity index (χ2v) is 19.8. The number of carbonyl (C=O) groups excluding carboxylic acids is 5. The Balaban J connectivity index is 0.718. The molecule has 2 fully saturated rings. The number of carbonyl (C=O) groups is 6. The van der Waals surface area contributed by atoms with E-state index in [0.29, 0.717) is 93.6 Å². The number of aryl methyl sites for hydroxylation is 1. The summed E-state index contributed by atoms with van der Waals surface area (Å²) in [5.74, 6) is -2.88. The van der Waals surface area contributed by atoms with Crippen molar-refractivity contribution in [1.29, 1.82) is 0 Å². The molecule has 0 atom stereocenters. The standard InChI is InChI=1S/C55H61ClFN15O7/c1-58-54(79)39-7-3-4-9-43(39)65-53-41(56)30-62-55(66-53)64-36-11-13-37(14-12-36)70-25-23-69(24-26-70)20-6-19-59-46(73)15-16-49(76)71-21-17-34(18-22-71)52-51-38(40-28-45-35(27-42(40)57)29-63-68(45)2)8-5-10-44(51)72(67-52)33-48(75)60-31-47(74)61-32-50(77)78/h3-5,7-14,27-30,34H,6,15-26,31-33H2,1-2H3,(H,58,79)(H,59,73)(H,60,75)(H,61,74)(H,77,78)(H2,62,64,65,66). The maximum Gasteiger partial charge on any atom is 0.322 e. The van der Waals surface area contributed by atoms with E-state index in [1.165, 1.54) is 16.9 Å². The van der Waals surface area contributed by atoms with Crippen molar-refractivity contribution in [3.8, 4) is 11.1 Å². The summed E-state index contributed by atoms with van der Waals surface area (Å²) in [5.41, 5.74) is 5.76. The molecule has 0 radical (unpaired) electrons. The molecule has 24 heteroatoms. The third-order valence-electron chi connectivity index (χ3n) is 14.1. The van der Waals surface area contributed by atoms with Gasteiger partial charge in [0, 0.05) is 106 Å². The van der Waals surface area contributed by atoms with Gasteiger partial charge in [0.15, 0.2) is 5.82 Å². The molecule has 7 aromatic rings. The molecule has 2 aliphatic heterocycles. The van der Waals surface area contributed by atoms with Crippen molar-refractivity contribution in [2.75, 3.05) is 88.0 Å². The van der Waals surface area contributed by atoms with Gasteiger partial charge in [0.05, 0.1) is 46.9 Å². The van der Waals surface area contributed by atoms with Gasteiger partial charge in [-0.05, 0) is 86.0 Å². The van der Waals surface area contributed by atoms with Crippen LogP contribution < -0.4 is 36.8 Å². The Morgan fingerprint density at radius 2 is 1.54 bits per heavy atom. The van der Waals surface area contributed by atoms with Crippen LogP contribution in [0, 0.1) is 5.82 Å². The van der Waals surface area contributed by atoms with Gasteiger partial charge in [0.25, 0.3) is 5.91 Å². The molecule has 0 unspecified atom stereocenters. The minimum absolute atomic E-state index is 0.0698. The number of aromatic nitrogens is 6. The molecule has 2 saturated heterocycles. The van der Waals surface area contributed by atoms with Gasteiger partial charge in [-0.3, -0.25) is 43.0 Å². The maximum absolute atomic E-state index is 15.9. The smallest absolute Gasteiger partial charge is 0.322 e. The Bertz CT molecular complexity index is 3390. The molecule has 7 N–H and O–H groups in total. The van der Waals surface area contributed by atoms with Crippen LogP contribution in [0.25, 0.3) is 32.9 Å². The molecule has 0 saturated carbocycles. The summed E-state index contributed by atoms with van der Waals surface area (Å²) in [6, 6.07) is 23.7. The molecular formula is C55H61ClFN15O7. The number of nitrogens with zero attached hydrogens (tertiary/aromatic N) is 9. The lowest BCUT2D eigenvalue weighted by atomic mass is 9.88. The highest BCUT2D eigenvalue weighted by atomic mass is 35.5. The van der Waals surface area contributed by atoms with Crippen LogP contribution in [0.5, 0.6) is 0 Å². The fourth-order valence-corrected chi connectivity index (χ4v) is 10.1. The van der Waals surface area contributed by atoms with Crippen molar-refractivity contribution in [3.63, 3.8) is 0 Å². The number of anilines is 5. The highest BCUT2D eigenvalue weighted by Crippen LogP contribution is 2.40. The number of piperidine rings is 1. The number of likely N-dealkylation sites (tertiary alicyclic amines) is 1. The fourth-order valence-electron chi connectivity index (χ4n) is 9.96. The second-order valence-electron chi connectivity index (χ2n) is 19.3. The van der Waals surface area contributed by atoms with Crippen molar-refractivity contribution in [2.45, 2.75) is 44.6 Å². The van der Waals surface area contributed by atoms with Crippen LogP contribution in [-0.2, 0) is 37.6 Å². The Morgan fingerprint density at radius 3 is 2.30 bits per heavy atom. The summed E-state index contributed by atoms with van der Waals surface area (Å²) in [5, 5.41) is 36.4. The number of benzene rings is 4. The summed E-state index contributed by atoms with van der Waals surface area (Å²) in [6.07, 6.45) is 5.08. The highest BCUT2D eigenvalue weighted by molar-refractivity contribution is 6.33. The zero-order chi connectivity index (χ0) is 55.6. The average Bonchev–Trinajstić information content (AvgIpc) is 4.24. The molecule has 5 heterocycles. The number of halogens is 2. The van der Waals surface area contributed by atoms with E-state index in [-0.39, 0.29) is 43.0 Å². The molecule has 3 aromatic heterocycles. The first-order valence-corrected chi connectivity index (χ1v) is 26.4. The summed E-state index contributed by atoms with van der Waals surface area (Å²) in [7, 11) is 3.35. The van der Waals surface area contributed by atoms with Gasteiger partial charge in [-0.25, -0.2) is 9.37 Å². The van der Waals surface area contributed by atoms with E-state index in [4.69, 9.17) is 21.8 Å². The molecule has 2 aliphatic rings. The molecule has 412 valence electrons. The van der Waals surface area contributed by atoms with Crippen LogP contribution in [0.1, 0.15) is 54.1 Å². The number of para-hydroxylation sites is 1. The molecule has 0 bridgehead atoms. The number of nitrogens with one attached hydrogen (secondary N) is 6. The van der Waals surface area contributed by atoms with Crippen molar-refractivity contribution in [1.82, 2.24) is 60.6 Å². The van der Waals surface area contributed by atoms with Gasteiger partial charge in [-0.2, -0.15) is 15.2 Å². The monoisotopic (exact) mass is 1100 g/mol. The Labute approximate surface area is 459 Å². The number of amides is 5. The van der Waals surface area contributed by atoms with E-state index in [1.54, 1.807) is 66.3 Å². The zero-order valence-electron chi connectivity index (χ0n) is 43.7. The average molecular weight is 1100 g/mol. The van der Waals surface area contributed by atoms with Gasteiger partial charge < -0.3 is 46.8 Å². The molecule has 5 amide bonds. The van der Waals surface area contributed by atoms with Crippen LogP contribution in [0.2, 0.25) is 5.02 Å². The largest absolute Gasteiger partial charge is 0.480 e. The van der Waals surface area contributed by atoms with Gasteiger partial charge in [-0.15, -0.1) is 0 Å². The number of fused-ring (bicyclic) bond motifs is 2. The number of carboxylic acids is 1. The summed E-state index contributed by atoms with van der Waals surface area (Å²) < 4.78 is 19.1. The second kappa shape index (κ2) is 25.2. The molecular weight excluding hydrogens is 1040 g/mol. The van der Waals surface area contributed by atoms with Crippen molar-refractivity contribution in [2.24, 2.45) is 7.05 Å². The van der Waals surface area contributed by atoms with Crippen molar-refractivity contribution in [3.05, 3.63) is 113 Å². The number of hydrogen-bond donors (Lipinski definition) is 7. The highest BCUT2D eigenvalue weighted by Gasteiger charge is 2.30. The number of piperazine rings is 1. The van der Waals surface area contributed by atoms with E-state index >= 15 is 4.39 Å². The molecule has 4 aromatic carbocycles. The lowest BCUT2D eigenvalue weighted by Crippen LogP contribution is -2.47. The third-order valence-corrected chi connectivity index (χ3v) is 14.4. The first kappa shape index (κ1) is 55.1. The van der Waals surface area contributed by atoms with E-state index < -0.39 is 36.7 Å². The van der Waals surface area contributed by atoms with E-state index in [9.17, 15) is 28.8 Å². The minimum Gasteiger partial charge on any atom is -0.480 e. The number of rotatable bonds is 21. The first-order valence-electron chi connectivity index (χ1n) is 26.1. The van der Waals surface area contributed by atoms with Crippen LogP contribution in [-0.4, -0.2) is 152 Å². The predicted molar refractivity (Wildman–Crippen MR) is 297 cm³/mol. The van der Waals surface area contributed by atoms with Crippen LogP contribution in [0.15, 0.2) is 91.3 Å². The molecule has 0 spiro atoms. The molecule has 0 aliphatic carbocycles. The van der Waals surface area contributed by atoms with Crippen molar-refractivity contribution >= 4 is 97.7 Å².